The summed E-state index contributed by atoms with van der Waals surface area (Å²) in [5.41, 5.74) is 9.98. The van der Waals surface area contributed by atoms with E-state index in [1.807, 2.05) is 48.5 Å². The number of hydrogen-bond donors (Lipinski definition) is 0. The van der Waals surface area contributed by atoms with Crippen LogP contribution in [-0.4, -0.2) is 79.3 Å². The van der Waals surface area contributed by atoms with E-state index >= 15 is 0 Å². The Labute approximate surface area is 380 Å². The Kier molecular flexibility index (Phi) is 15.2. The predicted molar refractivity (Wildman–Crippen MR) is 246 cm³/mol. The Hall–Kier alpha value is -6.34. The minimum Gasteiger partial charge on any atom is -0.490 e. The van der Waals surface area contributed by atoms with Crippen LogP contribution in [0.15, 0.2) is 121 Å². The van der Waals surface area contributed by atoms with Gasteiger partial charge in [-0.15, -0.1) is 0 Å². The molecule has 0 radical (unpaired) electrons. The zero-order valence-electron chi connectivity index (χ0n) is 36.5. The lowest BCUT2D eigenvalue weighted by molar-refractivity contribution is -0.310. The van der Waals surface area contributed by atoms with Crippen molar-refractivity contribution in [3.63, 3.8) is 0 Å². The van der Waals surface area contributed by atoms with Crippen molar-refractivity contribution in [2.45, 2.75) is 25.7 Å². The van der Waals surface area contributed by atoms with Crippen molar-refractivity contribution >= 4 is 12.2 Å². The highest BCUT2D eigenvalue weighted by Crippen LogP contribution is 2.39. The summed E-state index contributed by atoms with van der Waals surface area (Å²) < 4.78 is 45.6. The molecule has 65 heavy (non-hydrogen) atoms. The van der Waals surface area contributed by atoms with Crippen LogP contribution in [0.3, 0.4) is 0 Å². The van der Waals surface area contributed by atoms with Gasteiger partial charge in [-0.05, 0) is 56.6 Å². The minimum atomic E-state index is 0.211. The molecule has 6 aromatic carbocycles. The molecule has 3 heterocycles. The predicted octanol–water partition coefficient (Wildman–Crippen LogP) is 9.45. The number of fused-ring (bicyclic) bond motifs is 6. The van der Waals surface area contributed by atoms with E-state index in [1.165, 1.54) is 0 Å². The highest BCUT2D eigenvalue weighted by molar-refractivity contribution is 5.75. The average molecular weight is 879 g/mol. The van der Waals surface area contributed by atoms with Crippen LogP contribution < -0.4 is 28.4 Å². The molecule has 0 atom stereocenters. The van der Waals surface area contributed by atoms with Crippen molar-refractivity contribution in [2.24, 2.45) is 0 Å². The minimum absolute atomic E-state index is 0.211. The zero-order valence-corrected chi connectivity index (χ0v) is 36.5. The van der Waals surface area contributed by atoms with Crippen molar-refractivity contribution in [1.82, 2.24) is 0 Å². The summed E-state index contributed by atoms with van der Waals surface area (Å²) in [6, 6.07) is 41.4. The van der Waals surface area contributed by atoms with E-state index in [9.17, 15) is 0 Å². The largest absolute Gasteiger partial charge is 0.490 e. The first kappa shape index (κ1) is 43.9. The zero-order chi connectivity index (χ0) is 43.9. The topological polar surface area (TPSA) is 102 Å². The first-order valence-corrected chi connectivity index (χ1v) is 22.4. The summed E-state index contributed by atoms with van der Waals surface area (Å²) in [6.45, 7) is 3.37. The van der Waals surface area contributed by atoms with Crippen LogP contribution in [0.1, 0.15) is 55.6 Å². The Morgan fingerprint density at radius 1 is 0.246 bits per heavy atom. The molecule has 0 saturated carbocycles. The molecule has 6 aromatic rings. The molecule has 11 heteroatoms. The van der Waals surface area contributed by atoms with Crippen molar-refractivity contribution in [2.75, 3.05) is 79.3 Å². The highest BCUT2D eigenvalue weighted by atomic mass is 17.2. The molecule has 12 bridgehead atoms. The van der Waals surface area contributed by atoms with Crippen molar-refractivity contribution in [1.29, 1.82) is 0 Å². The molecule has 3 aliphatic heterocycles. The molecule has 0 amide bonds. The first-order chi connectivity index (χ1) is 32.3. The second-order valence-electron chi connectivity index (χ2n) is 15.7. The smallest absolute Gasteiger partial charge is 0.126 e. The van der Waals surface area contributed by atoms with Gasteiger partial charge in [0.1, 0.15) is 101 Å². The van der Waals surface area contributed by atoms with Gasteiger partial charge in [-0.1, -0.05) is 121 Å². The van der Waals surface area contributed by atoms with Crippen molar-refractivity contribution in [3.8, 4) is 34.5 Å². The van der Waals surface area contributed by atoms with Crippen LogP contribution in [0, 0.1) is 0 Å². The Morgan fingerprint density at radius 2 is 0.523 bits per heavy atom. The molecule has 336 valence electrons. The molecule has 0 N–H and O–H groups in total. The molecule has 0 aromatic heterocycles. The van der Waals surface area contributed by atoms with E-state index in [4.69, 9.17) is 52.7 Å². The Morgan fingerprint density at radius 3 is 0.862 bits per heavy atom. The Balaban J connectivity index is 1.18. The van der Waals surface area contributed by atoms with E-state index in [2.05, 4.69) is 84.9 Å². The average Bonchev–Trinajstić information content (AvgIpc) is 3.32. The van der Waals surface area contributed by atoms with Crippen LogP contribution in [0.2, 0.25) is 0 Å². The molecule has 10 rings (SSSR count). The monoisotopic (exact) mass is 878 g/mol. The lowest BCUT2D eigenvalue weighted by Gasteiger charge is -2.23. The maximum atomic E-state index is 6.86. The second-order valence-corrected chi connectivity index (χ2v) is 15.7. The fourth-order valence-electron chi connectivity index (χ4n) is 8.38. The third kappa shape index (κ3) is 11.5. The maximum Gasteiger partial charge on any atom is 0.126 e. The summed E-state index contributed by atoms with van der Waals surface area (Å²) in [5, 5.41) is 0. The van der Waals surface area contributed by atoms with Gasteiger partial charge in [0.15, 0.2) is 0 Å². The molecule has 0 unspecified atom stereocenters. The summed E-state index contributed by atoms with van der Waals surface area (Å²) in [4.78, 5) is 21.9. The van der Waals surface area contributed by atoms with Gasteiger partial charge < -0.3 is 33.2 Å². The Bertz CT molecular complexity index is 2280. The van der Waals surface area contributed by atoms with Gasteiger partial charge in [-0.2, -0.15) is 0 Å². The van der Waals surface area contributed by atoms with Gasteiger partial charge in [0.05, 0.1) is 13.2 Å². The fourth-order valence-corrected chi connectivity index (χ4v) is 8.38. The van der Waals surface area contributed by atoms with E-state index < -0.39 is 0 Å². The van der Waals surface area contributed by atoms with Gasteiger partial charge in [-0.3, -0.25) is 0 Å². The van der Waals surface area contributed by atoms with E-state index in [0.29, 0.717) is 65.3 Å². The molecule has 0 spiro atoms. The summed E-state index contributed by atoms with van der Waals surface area (Å²) in [6.07, 6.45) is 6.27. The van der Waals surface area contributed by atoms with Crippen LogP contribution in [0.4, 0.5) is 0 Å². The van der Waals surface area contributed by atoms with Crippen LogP contribution in [0.25, 0.3) is 12.2 Å². The third-order valence-electron chi connectivity index (χ3n) is 11.3. The number of benzene rings is 6. The summed E-state index contributed by atoms with van der Waals surface area (Å²) in [7, 11) is 0. The molecule has 1 aliphatic carbocycles. The van der Waals surface area contributed by atoms with Gasteiger partial charge in [0, 0.05) is 36.8 Å². The SMILES string of the molecule is C1=C\c2ccccc2OCCOc2c3cccc2Cc2cccc4c2OCCOOCCOCCOOCCOc2c(cccc2C3)Cc2cccc(c2OCCOc2ccccc2/1)C4. The summed E-state index contributed by atoms with van der Waals surface area (Å²) >= 11 is 0. The molecule has 11 nitrogen and oxygen atoms in total. The third-order valence-corrected chi connectivity index (χ3v) is 11.3. The number of para-hydroxylation sites is 6. The van der Waals surface area contributed by atoms with E-state index in [0.717, 1.165) is 90.1 Å². The normalized spacial score (nSPS) is 17.1. The number of rotatable bonds is 0. The van der Waals surface area contributed by atoms with Crippen molar-refractivity contribution in [3.05, 3.63) is 177 Å². The van der Waals surface area contributed by atoms with Crippen molar-refractivity contribution < 1.29 is 52.7 Å². The molecular formula is C54H54O11. The lowest BCUT2D eigenvalue weighted by Crippen LogP contribution is -2.15. The molecule has 4 aliphatic rings. The van der Waals surface area contributed by atoms with E-state index in [-0.39, 0.29) is 39.6 Å². The second kappa shape index (κ2) is 22.5. The van der Waals surface area contributed by atoms with Gasteiger partial charge >= 0.3 is 0 Å². The standard InChI is InChI=1S/C54H54O11/c1-3-19-49-39(9-1)21-22-40-10-2-4-20-50(40)57-26-28-59-52-43-13-6-14-44(52)38-48-18-8-16-46-36-42-12-5-11-41(51(42)58-27-25-56-49)35-45-15-7-17-47(37-43)53(45)60-29-33-64-62-31-23-55-24-32-63-65-34-30-61-54(46)48/h1-22H,23-38H2/b22-21-. The molecule has 0 fully saturated rings. The van der Waals surface area contributed by atoms with Crippen LogP contribution in [0.5, 0.6) is 34.5 Å². The molecular weight excluding hydrogens is 825 g/mol. The maximum absolute atomic E-state index is 6.86. The van der Waals surface area contributed by atoms with Gasteiger partial charge in [0.25, 0.3) is 0 Å². The highest BCUT2D eigenvalue weighted by Gasteiger charge is 2.22. The first-order valence-electron chi connectivity index (χ1n) is 22.4. The lowest BCUT2D eigenvalue weighted by atomic mass is 9.91. The van der Waals surface area contributed by atoms with E-state index in [1.54, 1.807) is 0 Å². The molecule has 0 saturated heterocycles. The van der Waals surface area contributed by atoms with Crippen LogP contribution in [-0.2, 0) is 50.0 Å². The summed E-state index contributed by atoms with van der Waals surface area (Å²) in [5.74, 6) is 4.66. The fraction of sp³-hybridized carbons (Fsp3) is 0.296. The quantitative estimate of drug-likeness (QED) is 0.136. The van der Waals surface area contributed by atoms with Gasteiger partial charge in [-0.25, -0.2) is 19.6 Å². The number of ether oxygens (including phenoxy) is 7. The van der Waals surface area contributed by atoms with Crippen LogP contribution >= 0.6 is 0 Å². The number of hydrogen-bond acceptors (Lipinski definition) is 11. The van der Waals surface area contributed by atoms with Gasteiger partial charge in [0.2, 0.25) is 0 Å².